The summed E-state index contributed by atoms with van der Waals surface area (Å²) in [7, 11) is 0. The molecule has 5 N–H and O–H groups in total. The summed E-state index contributed by atoms with van der Waals surface area (Å²) in [5, 5.41) is 46.2. The molecule has 0 amide bonds. The van der Waals surface area contributed by atoms with E-state index in [1.54, 1.807) is 6.92 Å². The van der Waals surface area contributed by atoms with Crippen molar-refractivity contribution in [1.82, 2.24) is 0 Å². The number of hydrogen-bond acceptors (Lipinski definition) is 7. The molecule has 0 spiro atoms. The van der Waals surface area contributed by atoms with Gasteiger partial charge in [-0.2, -0.15) is 0 Å². The van der Waals surface area contributed by atoms with Gasteiger partial charge in [-0.1, -0.05) is 57.9 Å². The number of unbranched alkanes of at least 4 members (excludes halogenated alkanes) is 2. The van der Waals surface area contributed by atoms with Crippen molar-refractivity contribution in [2.75, 3.05) is 6.61 Å². The van der Waals surface area contributed by atoms with Crippen LogP contribution in [0.2, 0.25) is 0 Å². The molecule has 1 saturated heterocycles. The molecule has 9 heteroatoms. The summed E-state index contributed by atoms with van der Waals surface area (Å²) in [6, 6.07) is 7.87. The van der Waals surface area contributed by atoms with Crippen LogP contribution in [0.25, 0.3) is 0 Å². The van der Waals surface area contributed by atoms with Gasteiger partial charge in [0.1, 0.15) is 18.3 Å². The van der Waals surface area contributed by atoms with Crippen LogP contribution in [0.4, 0.5) is 0 Å². The lowest BCUT2D eigenvalue weighted by atomic mass is 9.97. The molecule has 1 aliphatic rings. The van der Waals surface area contributed by atoms with Crippen LogP contribution in [0.5, 0.6) is 0 Å². The van der Waals surface area contributed by atoms with Gasteiger partial charge in [0, 0.05) is 6.61 Å². The van der Waals surface area contributed by atoms with Gasteiger partial charge in [-0.3, -0.25) is 4.79 Å². The second kappa shape index (κ2) is 14.3. The van der Waals surface area contributed by atoms with Crippen LogP contribution in [-0.4, -0.2) is 74.8 Å². The molecule has 9 nitrogen and oxygen atoms in total. The molecule has 2 unspecified atom stereocenters. The van der Waals surface area contributed by atoms with E-state index >= 15 is 0 Å². The smallest absolute Gasteiger partial charge is 0.335 e. The van der Waals surface area contributed by atoms with Crippen LogP contribution in [0, 0.1) is 5.92 Å². The third-order valence-electron chi connectivity index (χ3n) is 5.34. The zero-order chi connectivity index (χ0) is 25.1. The number of rotatable bonds is 10. The molecular formula is C24H38O9. The lowest BCUT2D eigenvalue weighted by Gasteiger charge is -2.38. The van der Waals surface area contributed by atoms with Crippen LogP contribution in [0.1, 0.15) is 64.0 Å². The standard InChI is InChI=1S/C13H18O2.C11H20O7/c1-9(2)8-11-4-6-12(7-5-11)10(3)13(14)15;1-2-3-4-5-17-11-8(14)6(12)7(13)9(18-11)10(15)16/h4-7,9-10H,8H2,1-3H3,(H,14,15);6-9,11-14H,2-5H2,1H3,(H,15,16)/t;6-,7-,8+,9-,11?/m.0/s1. The Bertz CT molecular complexity index is 719. The van der Waals surface area contributed by atoms with Gasteiger partial charge in [-0.15, -0.1) is 0 Å². The fourth-order valence-electron chi connectivity index (χ4n) is 3.30. The molecule has 1 aliphatic heterocycles. The number of hydrogen-bond donors (Lipinski definition) is 5. The third kappa shape index (κ3) is 9.38. The predicted molar refractivity (Wildman–Crippen MR) is 121 cm³/mol. The van der Waals surface area contributed by atoms with Crippen LogP contribution in [0.3, 0.4) is 0 Å². The van der Waals surface area contributed by atoms with Crippen molar-refractivity contribution in [3.8, 4) is 0 Å². The molecule has 188 valence electrons. The monoisotopic (exact) mass is 470 g/mol. The van der Waals surface area contributed by atoms with Crippen molar-refractivity contribution in [2.24, 2.45) is 5.92 Å². The highest BCUT2D eigenvalue weighted by atomic mass is 16.7. The molecular weight excluding hydrogens is 432 g/mol. The Kier molecular flexibility index (Phi) is 12.5. The summed E-state index contributed by atoms with van der Waals surface area (Å²) in [5.41, 5.74) is 2.14. The summed E-state index contributed by atoms with van der Waals surface area (Å²) < 4.78 is 10.1. The summed E-state index contributed by atoms with van der Waals surface area (Å²) >= 11 is 0. The quantitative estimate of drug-likeness (QED) is 0.324. The van der Waals surface area contributed by atoms with E-state index in [-0.39, 0.29) is 0 Å². The van der Waals surface area contributed by atoms with Crippen LogP contribution < -0.4 is 0 Å². The maximum Gasteiger partial charge on any atom is 0.335 e. The largest absolute Gasteiger partial charge is 0.481 e. The van der Waals surface area contributed by atoms with E-state index < -0.39 is 48.6 Å². The maximum atomic E-state index is 10.8. The van der Waals surface area contributed by atoms with E-state index in [0.29, 0.717) is 12.5 Å². The molecule has 6 atom stereocenters. The first kappa shape index (κ1) is 29.0. The van der Waals surface area contributed by atoms with Crippen molar-refractivity contribution >= 4 is 11.9 Å². The molecule has 1 aromatic carbocycles. The van der Waals surface area contributed by atoms with Gasteiger partial charge < -0.3 is 35.0 Å². The molecule has 2 rings (SSSR count). The van der Waals surface area contributed by atoms with Gasteiger partial charge in [-0.25, -0.2) is 4.79 Å². The number of carboxylic acids is 2. The van der Waals surface area contributed by atoms with Crippen molar-refractivity contribution in [3.63, 3.8) is 0 Å². The van der Waals surface area contributed by atoms with Crippen LogP contribution in [0.15, 0.2) is 24.3 Å². The lowest BCUT2D eigenvalue weighted by Crippen LogP contribution is -2.60. The summed E-state index contributed by atoms with van der Waals surface area (Å²) in [5.74, 6) is -1.96. The Morgan fingerprint density at radius 2 is 1.58 bits per heavy atom. The van der Waals surface area contributed by atoms with Gasteiger partial charge >= 0.3 is 11.9 Å². The van der Waals surface area contributed by atoms with E-state index in [1.165, 1.54) is 5.56 Å². The lowest BCUT2D eigenvalue weighted by molar-refractivity contribution is -0.294. The fourth-order valence-corrected chi connectivity index (χ4v) is 3.30. The second-order valence-corrected chi connectivity index (χ2v) is 8.71. The molecule has 0 bridgehead atoms. The highest BCUT2D eigenvalue weighted by Gasteiger charge is 2.47. The van der Waals surface area contributed by atoms with E-state index in [0.717, 1.165) is 31.2 Å². The Morgan fingerprint density at radius 1 is 0.970 bits per heavy atom. The molecule has 1 heterocycles. The third-order valence-corrected chi connectivity index (χ3v) is 5.34. The van der Waals surface area contributed by atoms with E-state index in [2.05, 4.69) is 13.8 Å². The van der Waals surface area contributed by atoms with Crippen LogP contribution in [-0.2, 0) is 25.5 Å². The fraction of sp³-hybridized carbons (Fsp3) is 0.667. The molecule has 0 radical (unpaired) electrons. The highest BCUT2D eigenvalue weighted by Crippen LogP contribution is 2.22. The summed E-state index contributed by atoms with van der Waals surface area (Å²) in [6.07, 6.45) is -3.84. The molecule has 0 aromatic heterocycles. The molecule has 0 aliphatic carbocycles. The van der Waals surface area contributed by atoms with E-state index in [1.807, 2.05) is 31.2 Å². The normalized spacial score (nSPS) is 25.8. The summed E-state index contributed by atoms with van der Waals surface area (Å²) in [4.78, 5) is 21.6. The maximum absolute atomic E-state index is 10.8. The van der Waals surface area contributed by atoms with E-state index in [4.69, 9.17) is 19.7 Å². The first-order valence-corrected chi connectivity index (χ1v) is 11.3. The number of carboxylic acid groups (broad SMARTS) is 2. The minimum atomic E-state index is -1.67. The van der Waals surface area contributed by atoms with Gasteiger partial charge in [0.2, 0.25) is 0 Å². The number of ether oxygens (including phenoxy) is 2. The Morgan fingerprint density at radius 3 is 2.06 bits per heavy atom. The SMILES string of the molecule is CC(C)Cc1ccc(C(C)C(=O)O)cc1.CCCCCOC1O[C@H](C(=O)O)[C@@H](O)[C@H](O)[C@H]1O. The molecule has 1 fully saturated rings. The zero-order valence-electron chi connectivity index (χ0n) is 19.8. The minimum absolute atomic E-state index is 0.296. The molecule has 0 saturated carbocycles. The first-order valence-electron chi connectivity index (χ1n) is 11.3. The van der Waals surface area contributed by atoms with E-state index in [9.17, 15) is 24.9 Å². The topological polar surface area (TPSA) is 154 Å². The Balaban J connectivity index is 0.000000335. The first-order chi connectivity index (χ1) is 15.5. The highest BCUT2D eigenvalue weighted by molar-refractivity contribution is 5.75. The van der Waals surface area contributed by atoms with Crippen molar-refractivity contribution in [2.45, 2.75) is 90.0 Å². The van der Waals surface area contributed by atoms with Crippen molar-refractivity contribution < 1.29 is 44.6 Å². The predicted octanol–water partition coefficient (Wildman–Crippen LogP) is 2.16. The Hall–Kier alpha value is -2.04. The van der Waals surface area contributed by atoms with Gasteiger partial charge in [0.25, 0.3) is 0 Å². The van der Waals surface area contributed by atoms with Gasteiger partial charge in [-0.05, 0) is 36.8 Å². The number of aliphatic hydroxyl groups is 3. The summed E-state index contributed by atoms with van der Waals surface area (Å²) in [6.45, 7) is 8.37. The van der Waals surface area contributed by atoms with Crippen molar-refractivity contribution in [1.29, 1.82) is 0 Å². The number of carbonyl (C=O) groups is 2. The molecule has 1 aromatic rings. The second-order valence-electron chi connectivity index (χ2n) is 8.71. The number of aliphatic hydroxyl groups excluding tert-OH is 3. The van der Waals surface area contributed by atoms with Crippen molar-refractivity contribution in [3.05, 3.63) is 35.4 Å². The average Bonchev–Trinajstić information content (AvgIpc) is 2.76. The van der Waals surface area contributed by atoms with Crippen LogP contribution >= 0.6 is 0 Å². The average molecular weight is 471 g/mol. The Labute approximate surface area is 195 Å². The zero-order valence-corrected chi connectivity index (χ0v) is 19.8. The number of benzene rings is 1. The van der Waals surface area contributed by atoms with Gasteiger partial charge in [0.05, 0.1) is 5.92 Å². The minimum Gasteiger partial charge on any atom is -0.481 e. The number of aliphatic carboxylic acids is 2. The van der Waals surface area contributed by atoms with Gasteiger partial charge in [0.15, 0.2) is 12.4 Å². The molecule has 33 heavy (non-hydrogen) atoms.